The lowest BCUT2D eigenvalue weighted by atomic mass is 10.1. The number of carbonyl (C=O) groups is 1. The van der Waals surface area contributed by atoms with Crippen LogP contribution in [0, 0.1) is 20.8 Å². The second-order valence-corrected chi connectivity index (χ2v) is 8.45. The van der Waals surface area contributed by atoms with Gasteiger partial charge in [0.25, 0.3) is 5.56 Å². The number of aromatic nitrogens is 2. The number of aryl methyl sites for hydroxylation is 3. The SMILES string of the molecule is C=CCn1c(SC(C)C(=O)Nc2c(C)cc(C)cc2C)nc2ccccc2c1=O. The molecule has 0 bridgehead atoms. The predicted molar refractivity (Wildman–Crippen MR) is 121 cm³/mol. The first-order valence-corrected chi connectivity index (χ1v) is 10.4. The van der Waals surface area contributed by atoms with E-state index in [0.717, 1.165) is 22.4 Å². The number of nitrogens with one attached hydrogen (secondary N) is 1. The zero-order valence-corrected chi connectivity index (χ0v) is 18.0. The van der Waals surface area contributed by atoms with E-state index in [1.165, 1.54) is 11.8 Å². The zero-order valence-electron chi connectivity index (χ0n) is 17.2. The molecule has 1 amide bonds. The van der Waals surface area contributed by atoms with E-state index >= 15 is 0 Å². The molecule has 2 aromatic carbocycles. The Morgan fingerprint density at radius 1 is 1.24 bits per heavy atom. The normalized spacial score (nSPS) is 12.0. The van der Waals surface area contributed by atoms with Gasteiger partial charge in [0.05, 0.1) is 16.2 Å². The molecule has 0 spiro atoms. The molecular formula is C23H25N3O2S. The molecule has 1 unspecified atom stereocenters. The number of hydrogen-bond acceptors (Lipinski definition) is 4. The van der Waals surface area contributed by atoms with Gasteiger partial charge in [-0.3, -0.25) is 14.2 Å². The third-order valence-electron chi connectivity index (χ3n) is 4.71. The molecule has 150 valence electrons. The van der Waals surface area contributed by atoms with E-state index in [-0.39, 0.29) is 11.5 Å². The Labute approximate surface area is 174 Å². The fraction of sp³-hybridized carbons (Fsp3) is 0.261. The van der Waals surface area contributed by atoms with Crippen LogP contribution in [0.3, 0.4) is 0 Å². The molecule has 0 aliphatic carbocycles. The van der Waals surface area contributed by atoms with Crippen LogP contribution in [0.1, 0.15) is 23.6 Å². The second kappa shape index (κ2) is 8.66. The molecule has 29 heavy (non-hydrogen) atoms. The quantitative estimate of drug-likeness (QED) is 0.368. The summed E-state index contributed by atoms with van der Waals surface area (Å²) >= 11 is 1.27. The molecule has 0 radical (unpaired) electrons. The first kappa shape index (κ1) is 20.9. The highest BCUT2D eigenvalue weighted by atomic mass is 32.2. The number of allylic oxidation sites excluding steroid dienone is 1. The molecule has 0 fully saturated rings. The molecule has 3 aromatic rings. The number of fused-ring (bicyclic) bond motifs is 1. The van der Waals surface area contributed by atoms with Crippen LogP contribution in [0.15, 0.2) is 59.0 Å². The van der Waals surface area contributed by atoms with Gasteiger partial charge in [-0.1, -0.05) is 47.7 Å². The van der Waals surface area contributed by atoms with Gasteiger partial charge in [0.2, 0.25) is 5.91 Å². The van der Waals surface area contributed by atoms with Gasteiger partial charge >= 0.3 is 0 Å². The third kappa shape index (κ3) is 4.43. The van der Waals surface area contributed by atoms with E-state index in [9.17, 15) is 9.59 Å². The lowest BCUT2D eigenvalue weighted by Gasteiger charge is -2.17. The highest BCUT2D eigenvalue weighted by Gasteiger charge is 2.20. The number of rotatable bonds is 6. The summed E-state index contributed by atoms with van der Waals surface area (Å²) in [6, 6.07) is 11.3. The van der Waals surface area contributed by atoms with Crippen molar-refractivity contribution in [2.24, 2.45) is 0 Å². The lowest BCUT2D eigenvalue weighted by molar-refractivity contribution is -0.115. The first-order valence-electron chi connectivity index (χ1n) is 9.47. The van der Waals surface area contributed by atoms with Gasteiger partial charge in [-0.05, 0) is 51.0 Å². The third-order valence-corrected chi connectivity index (χ3v) is 5.81. The standard InChI is InChI=1S/C23H25N3O2S/c1-6-11-26-22(28)18-9-7-8-10-19(18)24-23(26)29-17(5)21(27)25-20-15(3)12-14(2)13-16(20)4/h6-10,12-13,17H,1,11H2,2-5H3,(H,25,27). The molecule has 6 heteroatoms. The number of carbonyl (C=O) groups excluding carboxylic acids is 1. The first-order chi connectivity index (χ1) is 13.8. The minimum Gasteiger partial charge on any atom is -0.325 e. The predicted octanol–water partition coefficient (Wildman–Crippen LogP) is 4.63. The van der Waals surface area contributed by atoms with Gasteiger partial charge in [0, 0.05) is 12.2 Å². The van der Waals surface area contributed by atoms with Crippen molar-refractivity contribution in [3.8, 4) is 0 Å². The maximum absolute atomic E-state index is 12.9. The monoisotopic (exact) mass is 407 g/mol. The maximum atomic E-state index is 12.9. The molecule has 0 aliphatic heterocycles. The Balaban J connectivity index is 1.90. The second-order valence-electron chi connectivity index (χ2n) is 7.14. The largest absolute Gasteiger partial charge is 0.325 e. The van der Waals surface area contributed by atoms with Crippen molar-refractivity contribution in [1.82, 2.24) is 9.55 Å². The average Bonchev–Trinajstić information content (AvgIpc) is 2.67. The van der Waals surface area contributed by atoms with E-state index in [4.69, 9.17) is 0 Å². The van der Waals surface area contributed by atoms with Crippen LogP contribution in [-0.4, -0.2) is 20.7 Å². The Morgan fingerprint density at radius 2 is 1.90 bits per heavy atom. The minimum absolute atomic E-state index is 0.127. The fourth-order valence-electron chi connectivity index (χ4n) is 3.34. The number of thioether (sulfide) groups is 1. The summed E-state index contributed by atoms with van der Waals surface area (Å²) in [5.41, 5.74) is 4.55. The molecule has 0 saturated heterocycles. The summed E-state index contributed by atoms with van der Waals surface area (Å²) in [5, 5.41) is 3.67. The van der Waals surface area contributed by atoms with Gasteiger partial charge in [-0.25, -0.2) is 4.98 Å². The van der Waals surface area contributed by atoms with Crippen LogP contribution >= 0.6 is 11.8 Å². The van der Waals surface area contributed by atoms with E-state index in [2.05, 4.69) is 16.9 Å². The maximum Gasteiger partial charge on any atom is 0.262 e. The molecular weight excluding hydrogens is 382 g/mol. The summed E-state index contributed by atoms with van der Waals surface area (Å²) in [7, 11) is 0. The van der Waals surface area contributed by atoms with Crippen molar-refractivity contribution < 1.29 is 4.79 Å². The smallest absolute Gasteiger partial charge is 0.262 e. The molecule has 1 aromatic heterocycles. The Kier molecular flexibility index (Phi) is 6.23. The van der Waals surface area contributed by atoms with Crippen LogP contribution in [-0.2, 0) is 11.3 Å². The van der Waals surface area contributed by atoms with Crippen molar-refractivity contribution in [2.45, 2.75) is 44.6 Å². The topological polar surface area (TPSA) is 64.0 Å². The van der Waals surface area contributed by atoms with Crippen LogP contribution in [0.25, 0.3) is 10.9 Å². The summed E-state index contributed by atoms with van der Waals surface area (Å²) in [4.78, 5) is 30.3. The zero-order chi connectivity index (χ0) is 21.1. The van der Waals surface area contributed by atoms with Gasteiger partial charge in [-0.15, -0.1) is 6.58 Å². The van der Waals surface area contributed by atoms with Gasteiger partial charge < -0.3 is 5.32 Å². The molecule has 0 saturated carbocycles. The van der Waals surface area contributed by atoms with Crippen LogP contribution in [0.4, 0.5) is 5.69 Å². The fourth-order valence-corrected chi connectivity index (χ4v) is 4.26. The van der Waals surface area contributed by atoms with Crippen molar-refractivity contribution in [3.63, 3.8) is 0 Å². The van der Waals surface area contributed by atoms with E-state index in [1.807, 2.05) is 58.0 Å². The number of nitrogens with zero attached hydrogens (tertiary/aromatic N) is 2. The minimum atomic E-state index is -0.431. The van der Waals surface area contributed by atoms with E-state index in [0.29, 0.717) is 22.6 Å². The Morgan fingerprint density at radius 3 is 2.55 bits per heavy atom. The van der Waals surface area contributed by atoms with Crippen LogP contribution < -0.4 is 10.9 Å². The number of amides is 1. The summed E-state index contributed by atoms with van der Waals surface area (Å²) in [6.07, 6.45) is 1.66. The van der Waals surface area contributed by atoms with Crippen LogP contribution in [0.2, 0.25) is 0 Å². The Hall–Kier alpha value is -2.86. The lowest BCUT2D eigenvalue weighted by Crippen LogP contribution is -2.27. The number of hydrogen-bond donors (Lipinski definition) is 1. The van der Waals surface area contributed by atoms with Gasteiger partial charge in [0.15, 0.2) is 5.16 Å². The van der Waals surface area contributed by atoms with E-state index < -0.39 is 5.25 Å². The molecule has 1 N–H and O–H groups in total. The van der Waals surface area contributed by atoms with E-state index in [1.54, 1.807) is 16.7 Å². The van der Waals surface area contributed by atoms with Crippen molar-refractivity contribution in [3.05, 3.63) is 76.1 Å². The highest BCUT2D eigenvalue weighted by Crippen LogP contribution is 2.26. The highest BCUT2D eigenvalue weighted by molar-refractivity contribution is 8.00. The summed E-state index contributed by atoms with van der Waals surface area (Å²) < 4.78 is 1.56. The van der Waals surface area contributed by atoms with Crippen molar-refractivity contribution in [1.29, 1.82) is 0 Å². The number of para-hydroxylation sites is 1. The molecule has 1 heterocycles. The molecule has 3 rings (SSSR count). The number of anilines is 1. The van der Waals surface area contributed by atoms with Crippen molar-refractivity contribution >= 4 is 34.3 Å². The Bertz CT molecular complexity index is 1130. The van der Waals surface area contributed by atoms with Gasteiger partial charge in [-0.2, -0.15) is 0 Å². The number of benzene rings is 2. The summed E-state index contributed by atoms with van der Waals surface area (Å²) in [6.45, 7) is 11.9. The average molecular weight is 408 g/mol. The molecule has 0 aliphatic rings. The van der Waals surface area contributed by atoms with Gasteiger partial charge in [0.1, 0.15) is 0 Å². The van der Waals surface area contributed by atoms with Crippen molar-refractivity contribution in [2.75, 3.05) is 5.32 Å². The molecule has 5 nitrogen and oxygen atoms in total. The van der Waals surface area contributed by atoms with Crippen LogP contribution in [0.5, 0.6) is 0 Å². The molecule has 1 atom stereocenters. The summed E-state index contributed by atoms with van der Waals surface area (Å²) in [5.74, 6) is -0.127.